The van der Waals surface area contributed by atoms with E-state index < -0.39 is 0 Å². The second kappa shape index (κ2) is 7.97. The number of nitrogens with one attached hydrogen (secondary N) is 1. The fourth-order valence-electron chi connectivity index (χ4n) is 5.64. The van der Waals surface area contributed by atoms with Crippen molar-refractivity contribution in [2.45, 2.75) is 65.1 Å². The van der Waals surface area contributed by atoms with Gasteiger partial charge in [0, 0.05) is 17.7 Å². The molecule has 5 rings (SSSR count). The topological polar surface area (TPSA) is 93.7 Å². The lowest BCUT2D eigenvalue weighted by Crippen LogP contribution is -2.34. The minimum atomic E-state index is -0.167. The Morgan fingerprint density at radius 1 is 1.27 bits per heavy atom. The summed E-state index contributed by atoms with van der Waals surface area (Å²) in [5.41, 5.74) is 4.85. The van der Waals surface area contributed by atoms with Crippen LogP contribution in [0.2, 0.25) is 0 Å². The molecule has 2 saturated carbocycles. The number of hydrogen-bond acceptors (Lipinski definition) is 6. The number of amides is 1. The highest BCUT2D eigenvalue weighted by atomic mass is 32.2. The Morgan fingerprint density at radius 3 is 2.76 bits per heavy atom. The van der Waals surface area contributed by atoms with Crippen LogP contribution in [0.15, 0.2) is 39.3 Å². The predicted octanol–water partition coefficient (Wildman–Crippen LogP) is 3.86. The third-order valence-corrected chi connectivity index (χ3v) is 9.01. The Labute approximate surface area is 196 Å². The predicted molar refractivity (Wildman–Crippen MR) is 131 cm³/mol. The summed E-state index contributed by atoms with van der Waals surface area (Å²) in [6.07, 6.45) is 4.14. The summed E-state index contributed by atoms with van der Waals surface area (Å²) in [5.74, 6) is 1.15. The van der Waals surface area contributed by atoms with Crippen molar-refractivity contribution in [3.8, 4) is 0 Å². The minimum Gasteiger partial charge on any atom is -0.276 e. The maximum atomic E-state index is 12.9. The number of fused-ring (bicyclic) bond motifs is 5. The molecule has 3 aromatic rings. The fourth-order valence-corrected chi connectivity index (χ4v) is 6.37. The fraction of sp³-hybridized carbons (Fsp3) is 0.542. The van der Waals surface area contributed by atoms with Crippen LogP contribution in [0.4, 0.5) is 0 Å². The lowest BCUT2D eigenvalue weighted by atomic mass is 9.70. The third-order valence-electron chi connectivity index (χ3n) is 8.09. The van der Waals surface area contributed by atoms with Crippen LogP contribution in [-0.4, -0.2) is 36.5 Å². The molecule has 2 heterocycles. The van der Waals surface area contributed by atoms with Gasteiger partial charge in [0.1, 0.15) is 0 Å². The number of thioether (sulfide) groups is 1. The van der Waals surface area contributed by atoms with Gasteiger partial charge in [-0.1, -0.05) is 51.6 Å². The van der Waals surface area contributed by atoms with Gasteiger partial charge < -0.3 is 0 Å². The van der Waals surface area contributed by atoms with Crippen molar-refractivity contribution in [1.82, 2.24) is 24.6 Å². The summed E-state index contributed by atoms with van der Waals surface area (Å²) in [5, 5.41) is 14.3. The van der Waals surface area contributed by atoms with Crippen LogP contribution in [0.5, 0.6) is 0 Å². The molecule has 0 saturated heterocycles. The molecule has 174 valence electrons. The van der Waals surface area contributed by atoms with Gasteiger partial charge in [0.05, 0.1) is 16.7 Å². The first kappa shape index (κ1) is 22.1. The van der Waals surface area contributed by atoms with Crippen LogP contribution in [0.1, 0.15) is 53.4 Å². The van der Waals surface area contributed by atoms with Gasteiger partial charge in [-0.05, 0) is 49.1 Å². The highest BCUT2D eigenvalue weighted by Gasteiger charge is 2.60. The SMILES string of the molecule is CCCn1c(=O)c2ccccc2n2c(SCC(=O)N/N=C3\CC4CCC3(C)C4(C)C)nnc12. The lowest BCUT2D eigenvalue weighted by molar-refractivity contribution is -0.118. The number of nitrogens with zero attached hydrogens (tertiary/aromatic N) is 5. The van der Waals surface area contributed by atoms with Crippen LogP contribution >= 0.6 is 11.8 Å². The van der Waals surface area contributed by atoms with Crippen molar-refractivity contribution in [2.24, 2.45) is 21.8 Å². The maximum Gasteiger partial charge on any atom is 0.262 e. The monoisotopic (exact) mass is 466 g/mol. The summed E-state index contributed by atoms with van der Waals surface area (Å²) in [6, 6.07) is 7.45. The van der Waals surface area contributed by atoms with Crippen LogP contribution < -0.4 is 11.0 Å². The first-order valence-corrected chi connectivity index (χ1v) is 12.6. The van der Waals surface area contributed by atoms with Gasteiger partial charge in [-0.2, -0.15) is 5.10 Å². The average Bonchev–Trinajstić information content (AvgIpc) is 3.38. The van der Waals surface area contributed by atoms with Crippen LogP contribution in [0.25, 0.3) is 16.7 Å². The molecular weight excluding hydrogens is 436 g/mol. The van der Waals surface area contributed by atoms with Crippen molar-refractivity contribution < 1.29 is 4.79 Å². The standard InChI is InChI=1S/C24H30N6O2S/c1-5-12-29-20(32)16-8-6-7-9-17(16)30-21(29)27-28-22(30)33-14-19(31)26-25-18-13-15-10-11-24(18,4)23(15,2)3/h6-9,15H,5,10-14H2,1-4H3,(H,26,31)/b25-18+. The third kappa shape index (κ3) is 3.31. The molecule has 1 amide bonds. The number of carbonyl (C=O) groups excluding carboxylic acids is 1. The first-order chi connectivity index (χ1) is 15.8. The number of benzene rings is 1. The number of rotatable bonds is 6. The molecule has 9 heteroatoms. The van der Waals surface area contributed by atoms with E-state index in [-0.39, 0.29) is 28.0 Å². The molecule has 1 N–H and O–H groups in total. The molecule has 0 aliphatic heterocycles. The molecule has 0 spiro atoms. The number of carbonyl (C=O) groups is 1. The van der Waals surface area contributed by atoms with Crippen molar-refractivity contribution in [2.75, 3.05) is 5.75 Å². The minimum absolute atomic E-state index is 0.0587. The number of aryl methyl sites for hydroxylation is 1. The van der Waals surface area contributed by atoms with E-state index in [0.29, 0.717) is 28.8 Å². The molecule has 2 aromatic heterocycles. The van der Waals surface area contributed by atoms with E-state index in [9.17, 15) is 9.59 Å². The smallest absolute Gasteiger partial charge is 0.262 e. The zero-order chi connectivity index (χ0) is 23.4. The number of aromatic nitrogens is 4. The number of hydrazone groups is 1. The second-order valence-electron chi connectivity index (χ2n) is 9.97. The molecule has 33 heavy (non-hydrogen) atoms. The molecule has 2 aliphatic rings. The highest BCUT2D eigenvalue weighted by molar-refractivity contribution is 7.99. The molecule has 2 unspecified atom stereocenters. The van der Waals surface area contributed by atoms with Crippen molar-refractivity contribution in [3.63, 3.8) is 0 Å². The van der Waals surface area contributed by atoms with E-state index in [2.05, 4.69) is 41.5 Å². The van der Waals surface area contributed by atoms with E-state index in [4.69, 9.17) is 0 Å². The molecular formula is C24H30N6O2S. The van der Waals surface area contributed by atoms with Crippen molar-refractivity contribution in [3.05, 3.63) is 34.6 Å². The zero-order valence-corrected chi connectivity index (χ0v) is 20.4. The Morgan fingerprint density at radius 2 is 2.06 bits per heavy atom. The molecule has 0 radical (unpaired) electrons. The van der Waals surface area contributed by atoms with Crippen LogP contribution in [-0.2, 0) is 11.3 Å². The number of hydrogen-bond donors (Lipinski definition) is 1. The molecule has 2 atom stereocenters. The maximum absolute atomic E-state index is 12.9. The van der Waals surface area contributed by atoms with Gasteiger partial charge in [0.15, 0.2) is 5.16 Å². The first-order valence-electron chi connectivity index (χ1n) is 11.6. The van der Waals surface area contributed by atoms with Crippen molar-refractivity contribution in [1.29, 1.82) is 0 Å². The Bertz CT molecular complexity index is 1340. The molecule has 2 bridgehead atoms. The Hall–Kier alpha value is -2.68. The van der Waals surface area contributed by atoms with Gasteiger partial charge >= 0.3 is 0 Å². The van der Waals surface area contributed by atoms with Gasteiger partial charge in [0.25, 0.3) is 11.5 Å². The number of para-hydroxylation sites is 1. The van der Waals surface area contributed by atoms with Gasteiger partial charge in [-0.25, -0.2) is 5.43 Å². The van der Waals surface area contributed by atoms with E-state index >= 15 is 0 Å². The average molecular weight is 467 g/mol. The summed E-state index contributed by atoms with van der Waals surface area (Å²) in [4.78, 5) is 25.6. The Kier molecular flexibility index (Phi) is 5.34. The van der Waals surface area contributed by atoms with E-state index in [1.165, 1.54) is 18.2 Å². The summed E-state index contributed by atoms with van der Waals surface area (Å²) in [7, 11) is 0. The summed E-state index contributed by atoms with van der Waals surface area (Å²) in [6.45, 7) is 9.51. The van der Waals surface area contributed by atoms with Gasteiger partial charge in [0.2, 0.25) is 5.78 Å². The van der Waals surface area contributed by atoms with Crippen LogP contribution in [0.3, 0.4) is 0 Å². The Balaban J connectivity index is 1.37. The summed E-state index contributed by atoms with van der Waals surface area (Å²) >= 11 is 1.30. The van der Waals surface area contributed by atoms with E-state index in [1.54, 1.807) is 4.57 Å². The van der Waals surface area contributed by atoms with Gasteiger partial charge in [-0.3, -0.25) is 18.6 Å². The van der Waals surface area contributed by atoms with Gasteiger partial charge in [-0.15, -0.1) is 10.2 Å². The quantitative estimate of drug-likeness (QED) is 0.440. The normalized spacial score (nSPS) is 24.8. The zero-order valence-electron chi connectivity index (χ0n) is 19.6. The molecule has 2 fully saturated rings. The largest absolute Gasteiger partial charge is 0.276 e. The molecule has 2 aliphatic carbocycles. The van der Waals surface area contributed by atoms with Crippen molar-refractivity contribution >= 4 is 40.1 Å². The lowest BCUT2D eigenvalue weighted by Gasteiger charge is -2.34. The second-order valence-corrected chi connectivity index (χ2v) is 10.9. The molecule has 1 aromatic carbocycles. The van der Waals surface area contributed by atoms with E-state index in [1.807, 2.05) is 35.6 Å². The van der Waals surface area contributed by atoms with E-state index in [0.717, 1.165) is 30.5 Å². The molecule has 8 nitrogen and oxygen atoms in total. The highest BCUT2D eigenvalue weighted by Crippen LogP contribution is 2.63. The summed E-state index contributed by atoms with van der Waals surface area (Å²) < 4.78 is 3.53. The van der Waals surface area contributed by atoms with Crippen LogP contribution in [0, 0.1) is 16.7 Å².